The molecule has 0 bridgehead atoms. The van der Waals surface area contributed by atoms with Crippen LogP contribution in [-0.4, -0.2) is 28.3 Å². The van der Waals surface area contributed by atoms with Gasteiger partial charge in [-0.2, -0.15) is 5.10 Å². The Labute approximate surface area is 113 Å². The first-order chi connectivity index (χ1) is 9.02. The van der Waals surface area contributed by atoms with E-state index in [1.807, 2.05) is 13.8 Å². The first kappa shape index (κ1) is 15.2. The van der Waals surface area contributed by atoms with Gasteiger partial charge in [-0.05, 0) is 20.3 Å². The molecule has 19 heavy (non-hydrogen) atoms. The largest absolute Gasteiger partial charge is 0.381 e. The van der Waals surface area contributed by atoms with Gasteiger partial charge in [0.2, 0.25) is 5.91 Å². The Hall–Kier alpha value is -1.85. The van der Waals surface area contributed by atoms with E-state index in [4.69, 9.17) is 0 Å². The highest BCUT2D eigenvalue weighted by Gasteiger charge is 2.06. The van der Waals surface area contributed by atoms with E-state index >= 15 is 0 Å². The third kappa shape index (κ3) is 5.54. The molecule has 0 aromatic carbocycles. The van der Waals surface area contributed by atoms with Crippen molar-refractivity contribution in [2.75, 3.05) is 11.9 Å². The number of rotatable bonds is 7. The summed E-state index contributed by atoms with van der Waals surface area (Å²) in [5.41, 5.74) is 0.388. The Balaban J connectivity index is 2.59. The molecule has 0 saturated heterocycles. The zero-order chi connectivity index (χ0) is 14.3. The van der Waals surface area contributed by atoms with E-state index in [1.54, 1.807) is 6.20 Å². The van der Waals surface area contributed by atoms with Crippen LogP contribution < -0.4 is 16.2 Å². The molecule has 0 spiro atoms. The topological polar surface area (TPSA) is 76.0 Å². The van der Waals surface area contributed by atoms with Crippen molar-refractivity contribution in [3.8, 4) is 0 Å². The zero-order valence-corrected chi connectivity index (χ0v) is 11.8. The van der Waals surface area contributed by atoms with Gasteiger partial charge >= 0.3 is 0 Å². The van der Waals surface area contributed by atoms with Crippen LogP contribution in [0.4, 0.5) is 5.69 Å². The Morgan fingerprint density at radius 3 is 2.79 bits per heavy atom. The highest BCUT2D eigenvalue weighted by molar-refractivity contribution is 5.75. The van der Waals surface area contributed by atoms with E-state index in [9.17, 15) is 9.59 Å². The molecule has 0 aliphatic heterocycles. The van der Waals surface area contributed by atoms with Crippen molar-refractivity contribution in [1.82, 2.24) is 15.1 Å². The van der Waals surface area contributed by atoms with Gasteiger partial charge in [-0.15, -0.1) is 0 Å². The fourth-order valence-electron chi connectivity index (χ4n) is 1.56. The van der Waals surface area contributed by atoms with Gasteiger partial charge in [-0.1, -0.05) is 13.3 Å². The molecule has 6 heteroatoms. The number of anilines is 1. The Bertz CT molecular complexity index is 468. The van der Waals surface area contributed by atoms with Gasteiger partial charge < -0.3 is 10.6 Å². The number of nitrogens with zero attached hydrogens (tertiary/aromatic N) is 2. The predicted octanol–water partition coefficient (Wildman–Crippen LogP) is 0.980. The van der Waals surface area contributed by atoms with E-state index in [1.165, 1.54) is 6.07 Å². The van der Waals surface area contributed by atoms with Crippen molar-refractivity contribution >= 4 is 11.6 Å². The first-order valence-electron chi connectivity index (χ1n) is 6.63. The Morgan fingerprint density at radius 1 is 1.47 bits per heavy atom. The summed E-state index contributed by atoms with van der Waals surface area (Å²) in [6.45, 7) is 6.61. The van der Waals surface area contributed by atoms with E-state index in [-0.39, 0.29) is 24.1 Å². The highest BCUT2D eigenvalue weighted by Crippen LogP contribution is 2.01. The molecular formula is C13H22N4O2. The molecule has 0 radical (unpaired) electrons. The second kappa shape index (κ2) is 7.56. The molecular weight excluding hydrogens is 244 g/mol. The first-order valence-corrected chi connectivity index (χ1v) is 6.63. The van der Waals surface area contributed by atoms with E-state index in [2.05, 4.69) is 22.7 Å². The van der Waals surface area contributed by atoms with Crippen LogP contribution in [-0.2, 0) is 11.3 Å². The van der Waals surface area contributed by atoms with Gasteiger partial charge in [-0.3, -0.25) is 9.59 Å². The number of nitrogens with one attached hydrogen (secondary N) is 2. The fourth-order valence-corrected chi connectivity index (χ4v) is 1.56. The van der Waals surface area contributed by atoms with Gasteiger partial charge in [0.15, 0.2) is 0 Å². The van der Waals surface area contributed by atoms with E-state index in [0.29, 0.717) is 12.2 Å². The molecule has 0 atom stereocenters. The molecule has 106 valence electrons. The number of unbranched alkanes of at least 4 members (excludes halogenated alkanes) is 1. The van der Waals surface area contributed by atoms with Crippen LogP contribution in [0.25, 0.3) is 0 Å². The number of amides is 1. The summed E-state index contributed by atoms with van der Waals surface area (Å²) in [6, 6.07) is 1.68. The monoisotopic (exact) mass is 266 g/mol. The summed E-state index contributed by atoms with van der Waals surface area (Å²) in [4.78, 5) is 23.3. The van der Waals surface area contributed by atoms with E-state index in [0.717, 1.165) is 17.5 Å². The summed E-state index contributed by atoms with van der Waals surface area (Å²) in [5, 5.41) is 9.82. The molecule has 0 unspecified atom stereocenters. The summed E-state index contributed by atoms with van der Waals surface area (Å²) >= 11 is 0. The van der Waals surface area contributed by atoms with Gasteiger partial charge in [-0.25, -0.2) is 4.68 Å². The lowest BCUT2D eigenvalue weighted by molar-refractivity contribution is -0.121. The molecule has 0 aliphatic carbocycles. The minimum atomic E-state index is -0.281. The molecule has 1 aromatic heterocycles. The maximum Gasteiger partial charge on any atom is 0.269 e. The molecule has 0 aliphatic rings. The minimum absolute atomic E-state index is 0.0372. The van der Waals surface area contributed by atoms with Crippen LogP contribution in [0.2, 0.25) is 0 Å². The van der Waals surface area contributed by atoms with E-state index < -0.39 is 0 Å². The summed E-state index contributed by atoms with van der Waals surface area (Å²) in [5.74, 6) is -0.187. The predicted molar refractivity (Wildman–Crippen MR) is 75.2 cm³/mol. The van der Waals surface area contributed by atoms with Crippen molar-refractivity contribution in [2.45, 2.75) is 46.2 Å². The molecule has 0 saturated carbocycles. The third-order valence-corrected chi connectivity index (χ3v) is 2.47. The van der Waals surface area contributed by atoms with Crippen LogP contribution in [0.3, 0.4) is 0 Å². The second-order valence-corrected chi connectivity index (χ2v) is 4.74. The summed E-state index contributed by atoms with van der Waals surface area (Å²) in [7, 11) is 0. The minimum Gasteiger partial charge on any atom is -0.381 e. The number of carbonyl (C=O) groups excluding carboxylic acids is 1. The van der Waals surface area contributed by atoms with Crippen molar-refractivity contribution in [3.63, 3.8) is 0 Å². The van der Waals surface area contributed by atoms with Crippen molar-refractivity contribution in [2.24, 2.45) is 0 Å². The van der Waals surface area contributed by atoms with Crippen LogP contribution in [0.15, 0.2) is 17.1 Å². The quantitative estimate of drug-likeness (QED) is 0.721. The lowest BCUT2D eigenvalue weighted by Gasteiger charge is -2.10. The standard InChI is InChI=1S/C13H22N4O2/c1-4-5-6-14-12(18)9-17-13(19)7-11(8-15-17)16-10(2)3/h7-8,10,16H,4-6,9H2,1-3H3,(H,14,18). The number of carbonyl (C=O) groups is 1. The summed E-state index contributed by atoms with van der Waals surface area (Å²) < 4.78 is 1.16. The Morgan fingerprint density at radius 2 is 2.21 bits per heavy atom. The van der Waals surface area contributed by atoms with Gasteiger partial charge in [0.05, 0.1) is 11.9 Å². The molecule has 1 rings (SSSR count). The zero-order valence-electron chi connectivity index (χ0n) is 11.8. The Kier molecular flexibility index (Phi) is 6.05. The number of aromatic nitrogens is 2. The number of hydrogen-bond acceptors (Lipinski definition) is 4. The maximum absolute atomic E-state index is 11.8. The smallest absolute Gasteiger partial charge is 0.269 e. The second-order valence-electron chi connectivity index (χ2n) is 4.74. The SMILES string of the molecule is CCCCNC(=O)Cn1ncc(NC(C)C)cc1=O. The lowest BCUT2D eigenvalue weighted by Crippen LogP contribution is -2.34. The van der Waals surface area contributed by atoms with Crippen LogP contribution >= 0.6 is 0 Å². The normalized spacial score (nSPS) is 10.5. The summed E-state index contributed by atoms with van der Waals surface area (Å²) in [6.07, 6.45) is 3.51. The van der Waals surface area contributed by atoms with Crippen molar-refractivity contribution in [3.05, 3.63) is 22.6 Å². The average Bonchev–Trinajstić information content (AvgIpc) is 2.32. The highest BCUT2D eigenvalue weighted by atomic mass is 16.2. The molecule has 0 fully saturated rings. The molecule has 1 amide bonds. The van der Waals surface area contributed by atoms with Crippen molar-refractivity contribution in [1.29, 1.82) is 0 Å². The van der Waals surface area contributed by atoms with Gasteiger partial charge in [0, 0.05) is 18.7 Å². The molecule has 1 aromatic rings. The molecule has 1 heterocycles. The van der Waals surface area contributed by atoms with Crippen LogP contribution in [0, 0.1) is 0 Å². The molecule has 2 N–H and O–H groups in total. The van der Waals surface area contributed by atoms with Crippen LogP contribution in [0.1, 0.15) is 33.6 Å². The van der Waals surface area contributed by atoms with Crippen molar-refractivity contribution < 1.29 is 4.79 Å². The van der Waals surface area contributed by atoms with Gasteiger partial charge in [0.1, 0.15) is 6.54 Å². The van der Waals surface area contributed by atoms with Gasteiger partial charge in [0.25, 0.3) is 5.56 Å². The number of hydrogen-bond donors (Lipinski definition) is 2. The lowest BCUT2D eigenvalue weighted by atomic mass is 10.3. The van der Waals surface area contributed by atoms with Crippen LogP contribution in [0.5, 0.6) is 0 Å². The maximum atomic E-state index is 11.8. The fraction of sp³-hybridized carbons (Fsp3) is 0.615. The third-order valence-electron chi connectivity index (χ3n) is 2.47. The molecule has 6 nitrogen and oxygen atoms in total. The average molecular weight is 266 g/mol.